The zero-order valence-corrected chi connectivity index (χ0v) is 17.2. The van der Waals surface area contributed by atoms with Gasteiger partial charge in [-0.1, -0.05) is 66.2 Å². The molecule has 3 nitrogen and oxygen atoms in total. The van der Waals surface area contributed by atoms with Crippen molar-refractivity contribution >= 4 is 5.97 Å². The van der Waals surface area contributed by atoms with E-state index >= 15 is 0 Å². The minimum absolute atomic E-state index is 0.00877. The van der Waals surface area contributed by atoms with Gasteiger partial charge in [0.25, 0.3) is 0 Å². The van der Waals surface area contributed by atoms with Crippen LogP contribution in [-0.4, -0.2) is 24.8 Å². The molecular weight excluding hydrogens is 312 g/mol. The lowest BCUT2D eigenvalue weighted by Gasteiger charge is -2.33. The first-order valence-corrected chi connectivity index (χ1v) is 11.0. The smallest absolute Gasteiger partial charge is 0.309 e. The van der Waals surface area contributed by atoms with Crippen LogP contribution in [0.2, 0.25) is 0 Å². The van der Waals surface area contributed by atoms with Gasteiger partial charge in [0.05, 0.1) is 12.0 Å². The van der Waals surface area contributed by atoms with Crippen LogP contribution in [0.4, 0.5) is 0 Å². The summed E-state index contributed by atoms with van der Waals surface area (Å²) in [5.41, 5.74) is 0. The Hall–Kier alpha value is -0.570. The molecule has 148 valence electrons. The lowest BCUT2D eigenvalue weighted by molar-refractivity contribution is -0.167. The molecule has 25 heavy (non-hydrogen) atoms. The maximum absolute atomic E-state index is 12.6. The van der Waals surface area contributed by atoms with Crippen molar-refractivity contribution in [2.45, 2.75) is 117 Å². The predicted molar refractivity (Wildman–Crippen MR) is 105 cm³/mol. The molecule has 4 atom stereocenters. The lowest BCUT2D eigenvalue weighted by Crippen LogP contribution is -2.38. The largest absolute Gasteiger partial charge is 0.459 e. The summed E-state index contributed by atoms with van der Waals surface area (Å²) >= 11 is 0. The lowest BCUT2D eigenvalue weighted by atomic mass is 9.93. The summed E-state index contributed by atoms with van der Waals surface area (Å²) in [6.45, 7) is 9.58. The Kier molecular flexibility index (Phi) is 12.2. The van der Waals surface area contributed by atoms with Gasteiger partial charge < -0.3 is 9.47 Å². The summed E-state index contributed by atoms with van der Waals surface area (Å²) in [4.78, 5) is 12.6. The van der Waals surface area contributed by atoms with Crippen LogP contribution in [-0.2, 0) is 14.3 Å². The van der Waals surface area contributed by atoms with Crippen LogP contribution < -0.4 is 0 Å². The number of ether oxygens (including phenoxy) is 2. The molecule has 4 unspecified atom stereocenters. The van der Waals surface area contributed by atoms with E-state index in [4.69, 9.17) is 9.47 Å². The van der Waals surface area contributed by atoms with E-state index in [-0.39, 0.29) is 24.1 Å². The Morgan fingerprint density at radius 1 is 0.920 bits per heavy atom. The van der Waals surface area contributed by atoms with Gasteiger partial charge in [-0.2, -0.15) is 0 Å². The molecule has 1 aliphatic carbocycles. The quantitative estimate of drug-likeness (QED) is 0.365. The van der Waals surface area contributed by atoms with Crippen LogP contribution in [0.3, 0.4) is 0 Å². The second-order valence-electron chi connectivity index (χ2n) is 7.80. The van der Waals surface area contributed by atoms with Gasteiger partial charge in [0.1, 0.15) is 6.10 Å². The van der Waals surface area contributed by atoms with Crippen molar-refractivity contribution in [3.05, 3.63) is 0 Å². The number of carbonyl (C=O) groups excluding carboxylic acids is 1. The van der Waals surface area contributed by atoms with Crippen LogP contribution in [0, 0.1) is 11.8 Å². The highest BCUT2D eigenvalue weighted by Gasteiger charge is 2.31. The van der Waals surface area contributed by atoms with Gasteiger partial charge in [0.15, 0.2) is 0 Å². The molecule has 0 aromatic heterocycles. The van der Waals surface area contributed by atoms with Gasteiger partial charge in [-0.05, 0) is 44.4 Å². The maximum atomic E-state index is 12.6. The Morgan fingerprint density at radius 3 is 2.16 bits per heavy atom. The number of hydrogen-bond acceptors (Lipinski definition) is 3. The Balaban J connectivity index is 2.50. The molecule has 0 bridgehead atoms. The number of unbranched alkanes of at least 4 members (excludes halogenated alkanes) is 2. The minimum Gasteiger partial charge on any atom is -0.459 e. The first kappa shape index (κ1) is 22.5. The topological polar surface area (TPSA) is 35.5 Å². The molecular formula is C22H42O3. The third-order valence-electron chi connectivity index (χ3n) is 5.73. The Bertz CT molecular complexity index is 342. The van der Waals surface area contributed by atoms with Crippen LogP contribution in [0.15, 0.2) is 0 Å². The average molecular weight is 355 g/mol. The molecule has 1 aliphatic rings. The first-order valence-electron chi connectivity index (χ1n) is 11.0. The molecule has 0 radical (unpaired) electrons. The van der Waals surface area contributed by atoms with Crippen LogP contribution in [0.5, 0.6) is 0 Å². The van der Waals surface area contributed by atoms with Crippen LogP contribution >= 0.6 is 0 Å². The normalized spacial score (nSPS) is 23.2. The molecule has 1 saturated carbocycles. The molecule has 1 rings (SSSR count). The fourth-order valence-corrected chi connectivity index (χ4v) is 3.73. The number of hydrogen-bond donors (Lipinski definition) is 0. The summed E-state index contributed by atoms with van der Waals surface area (Å²) in [5.74, 6) is 0.719. The summed E-state index contributed by atoms with van der Waals surface area (Å²) < 4.78 is 12.2. The van der Waals surface area contributed by atoms with E-state index in [9.17, 15) is 4.79 Å². The number of esters is 1. The monoisotopic (exact) mass is 354 g/mol. The Labute approximate surface area is 156 Å². The second kappa shape index (κ2) is 13.6. The van der Waals surface area contributed by atoms with Crippen LogP contribution in [0.25, 0.3) is 0 Å². The third-order valence-corrected chi connectivity index (χ3v) is 5.73. The molecule has 0 saturated heterocycles. The number of carbonyl (C=O) groups is 1. The second-order valence-corrected chi connectivity index (χ2v) is 7.80. The molecule has 0 aromatic rings. The zero-order chi connectivity index (χ0) is 18.5. The van der Waals surface area contributed by atoms with Crippen molar-refractivity contribution in [1.82, 2.24) is 0 Å². The molecule has 1 fully saturated rings. The molecule has 3 heteroatoms. The fourth-order valence-electron chi connectivity index (χ4n) is 3.73. The van der Waals surface area contributed by atoms with Gasteiger partial charge in [-0.15, -0.1) is 0 Å². The van der Waals surface area contributed by atoms with Crippen molar-refractivity contribution in [3.63, 3.8) is 0 Å². The van der Waals surface area contributed by atoms with Crippen molar-refractivity contribution in [2.75, 3.05) is 6.61 Å². The van der Waals surface area contributed by atoms with Gasteiger partial charge in [-0.3, -0.25) is 4.79 Å². The average Bonchev–Trinajstić information content (AvgIpc) is 2.63. The van der Waals surface area contributed by atoms with E-state index in [1.165, 1.54) is 32.1 Å². The SMILES string of the molecule is CCCCC(CC)COC1CCCCC1OC(=O)C(CC)CCCC. The van der Waals surface area contributed by atoms with Gasteiger partial charge >= 0.3 is 5.97 Å². The van der Waals surface area contributed by atoms with Crippen molar-refractivity contribution in [1.29, 1.82) is 0 Å². The molecule has 0 aliphatic heterocycles. The van der Waals surface area contributed by atoms with E-state index < -0.39 is 0 Å². The Morgan fingerprint density at radius 2 is 1.56 bits per heavy atom. The van der Waals surface area contributed by atoms with Gasteiger partial charge in [0, 0.05) is 6.61 Å². The number of rotatable bonds is 13. The first-order chi connectivity index (χ1) is 12.2. The standard InChI is InChI=1S/C22H42O3/c1-5-9-13-18(7-3)17-24-20-15-11-12-16-21(20)25-22(23)19(8-4)14-10-6-2/h18-21H,5-17H2,1-4H3. The molecule has 0 spiro atoms. The molecule has 0 heterocycles. The van der Waals surface area contributed by atoms with Gasteiger partial charge in [0.2, 0.25) is 0 Å². The van der Waals surface area contributed by atoms with Crippen molar-refractivity contribution in [3.8, 4) is 0 Å². The van der Waals surface area contributed by atoms with E-state index in [2.05, 4.69) is 27.7 Å². The van der Waals surface area contributed by atoms with Crippen molar-refractivity contribution < 1.29 is 14.3 Å². The van der Waals surface area contributed by atoms with Crippen LogP contribution in [0.1, 0.15) is 105 Å². The summed E-state index contributed by atoms with van der Waals surface area (Å²) in [7, 11) is 0. The predicted octanol–water partition coefficient (Wildman–Crippen LogP) is 6.29. The highest BCUT2D eigenvalue weighted by atomic mass is 16.6. The highest BCUT2D eigenvalue weighted by Crippen LogP contribution is 2.27. The molecule has 0 N–H and O–H groups in total. The molecule has 0 amide bonds. The summed E-state index contributed by atoms with van der Waals surface area (Å²) in [6, 6.07) is 0. The minimum atomic E-state index is -0.0272. The van der Waals surface area contributed by atoms with E-state index in [1.807, 2.05) is 0 Å². The van der Waals surface area contributed by atoms with Crippen molar-refractivity contribution in [2.24, 2.45) is 11.8 Å². The molecule has 0 aromatic carbocycles. The third kappa shape index (κ3) is 8.57. The van der Waals surface area contributed by atoms with E-state index in [0.717, 1.165) is 51.6 Å². The summed E-state index contributed by atoms with van der Waals surface area (Å²) in [6.07, 6.45) is 13.4. The fraction of sp³-hybridized carbons (Fsp3) is 0.955. The van der Waals surface area contributed by atoms with Gasteiger partial charge in [-0.25, -0.2) is 0 Å². The van der Waals surface area contributed by atoms with E-state index in [0.29, 0.717) is 5.92 Å². The summed E-state index contributed by atoms with van der Waals surface area (Å²) in [5, 5.41) is 0. The van der Waals surface area contributed by atoms with E-state index in [1.54, 1.807) is 0 Å². The zero-order valence-electron chi connectivity index (χ0n) is 17.2. The maximum Gasteiger partial charge on any atom is 0.309 e. The highest BCUT2D eigenvalue weighted by molar-refractivity contribution is 5.72.